The van der Waals surface area contributed by atoms with E-state index in [2.05, 4.69) is 52.2 Å². The fourth-order valence-electron chi connectivity index (χ4n) is 6.87. The van der Waals surface area contributed by atoms with E-state index in [-0.39, 0.29) is 108 Å². The average Bonchev–Trinajstić information content (AvgIpc) is 3.84. The van der Waals surface area contributed by atoms with Crippen LogP contribution in [0.2, 0.25) is 0 Å². The van der Waals surface area contributed by atoms with Crippen molar-refractivity contribution < 1.29 is 24.3 Å². The predicted molar refractivity (Wildman–Crippen MR) is 259 cm³/mol. The van der Waals surface area contributed by atoms with Crippen molar-refractivity contribution in [2.24, 2.45) is 11.7 Å². The normalized spacial score (nSPS) is 16.6. The number of ketones is 1. The second kappa shape index (κ2) is 23.4. The highest BCUT2D eigenvalue weighted by atomic mass is 32.1. The summed E-state index contributed by atoms with van der Waals surface area (Å²) in [7, 11) is 0. The third kappa shape index (κ3) is 12.2. The molecule has 4 amide bonds. The van der Waals surface area contributed by atoms with E-state index in [1.165, 1.54) is 6.07 Å². The zero-order valence-electron chi connectivity index (χ0n) is 33.6. The Balaban J connectivity index is 0.000000360. The Labute approximate surface area is 383 Å². The SMILES string of the molecule is C#C[C@H](C)CC(=O)c1ccc2c(n1)N(C(=O)Nc1ccccn1)[C@H]1CCN2C1.C#C[C@H](C)N.O=C(O)c1ccc2c(n1)N(C(=O)Nc1ccccn1)[C@H]1CCN2C1.S.S.S.S. The van der Waals surface area contributed by atoms with Crippen LogP contribution in [0, 0.1) is 30.6 Å². The van der Waals surface area contributed by atoms with Crippen molar-refractivity contribution in [3.63, 3.8) is 0 Å². The van der Waals surface area contributed by atoms with Crippen LogP contribution in [0.3, 0.4) is 0 Å². The molecule has 0 aromatic carbocycles. The van der Waals surface area contributed by atoms with Gasteiger partial charge in [-0.15, -0.1) is 18.8 Å². The first-order chi connectivity index (χ1) is 27.5. The molecule has 4 aliphatic heterocycles. The van der Waals surface area contributed by atoms with Crippen LogP contribution in [0.15, 0.2) is 73.1 Å². The van der Waals surface area contributed by atoms with Crippen LogP contribution in [0.25, 0.3) is 0 Å². The summed E-state index contributed by atoms with van der Waals surface area (Å²) in [4.78, 5) is 74.1. The van der Waals surface area contributed by atoms with Gasteiger partial charge < -0.3 is 20.6 Å². The number of hydrogen-bond donors (Lipinski definition) is 4. The van der Waals surface area contributed by atoms with Crippen LogP contribution < -0.4 is 36.0 Å². The summed E-state index contributed by atoms with van der Waals surface area (Å²) in [6, 6.07) is 16.6. The number of amides is 4. The summed E-state index contributed by atoms with van der Waals surface area (Å²) in [6.45, 7) is 6.74. The summed E-state index contributed by atoms with van der Waals surface area (Å²) in [5.41, 5.74) is 6.96. The Morgan fingerprint density at radius 3 is 1.57 bits per heavy atom. The molecule has 20 heteroatoms. The molecule has 8 heterocycles. The number of urea groups is 2. The molecule has 5 N–H and O–H groups in total. The first kappa shape index (κ1) is 51.5. The number of fused-ring (bicyclic) bond motifs is 8. The minimum Gasteiger partial charge on any atom is -0.477 e. The third-order valence-electron chi connectivity index (χ3n) is 9.69. The van der Waals surface area contributed by atoms with Crippen LogP contribution in [-0.4, -0.2) is 93.2 Å². The summed E-state index contributed by atoms with van der Waals surface area (Å²) < 4.78 is 0. The lowest BCUT2D eigenvalue weighted by Gasteiger charge is -2.35. The lowest BCUT2D eigenvalue weighted by molar-refractivity contribution is 0.0690. The molecule has 4 aliphatic rings. The van der Waals surface area contributed by atoms with Crippen molar-refractivity contribution in [3.8, 4) is 24.7 Å². The van der Waals surface area contributed by atoms with E-state index in [1.54, 1.807) is 71.6 Å². The van der Waals surface area contributed by atoms with Crippen molar-refractivity contribution in [2.75, 3.05) is 56.4 Å². The fraction of sp³-hybridized carbons (Fsp3) is 0.317. The van der Waals surface area contributed by atoms with Crippen molar-refractivity contribution in [1.29, 1.82) is 0 Å². The highest BCUT2D eigenvalue weighted by Gasteiger charge is 2.42. The summed E-state index contributed by atoms with van der Waals surface area (Å²) >= 11 is 0. The summed E-state index contributed by atoms with van der Waals surface area (Å²) in [5, 5.41) is 14.8. The standard InChI is InChI=1S/C21H21N5O2.C16H15N5O3.C4H7N.4H2S/c1-3-14(2)12-18(27)16-7-8-17-20(23-16)26(15-9-11-25(17)13-15)21(28)24-19-6-4-5-10-22-19;22-15(23)11-4-5-12-14(18-11)21(10-6-8-20(12)9-10)16(24)19-13-3-1-2-7-17-13;1-3-4(2)5;;;;/h1,4-8,10,14-15H,9,11-13H2,2H3,(H,22,24,28);1-5,7,10H,6,8-9H2,(H,22,23)(H,17,19,24);1,4H,5H2,2H3;4*1H2/t14-,15-;10-;4-;;;;/m000..../s1. The van der Waals surface area contributed by atoms with E-state index in [0.29, 0.717) is 29.0 Å². The lowest BCUT2D eigenvalue weighted by atomic mass is 10.0. The molecule has 4 atom stereocenters. The zero-order valence-corrected chi connectivity index (χ0v) is 37.6. The van der Waals surface area contributed by atoms with E-state index < -0.39 is 5.97 Å². The van der Waals surface area contributed by atoms with Gasteiger partial charge in [-0.1, -0.05) is 25.0 Å². The van der Waals surface area contributed by atoms with Gasteiger partial charge in [-0.05, 0) is 68.3 Å². The van der Waals surface area contributed by atoms with Crippen LogP contribution in [0.5, 0.6) is 0 Å². The largest absolute Gasteiger partial charge is 0.477 e. The molecule has 4 bridgehead atoms. The number of aromatic carboxylic acids is 1. The molecular formula is C41H51N11O5S4. The maximum atomic E-state index is 13.0. The Bertz CT molecular complexity index is 2230. The van der Waals surface area contributed by atoms with Crippen molar-refractivity contribution >= 4 is 112 Å². The van der Waals surface area contributed by atoms with Gasteiger partial charge in [0.05, 0.1) is 29.5 Å². The highest BCUT2D eigenvalue weighted by molar-refractivity contribution is 7.59. The molecule has 324 valence electrons. The van der Waals surface area contributed by atoms with E-state index >= 15 is 0 Å². The van der Waals surface area contributed by atoms with Gasteiger partial charge in [-0.25, -0.2) is 34.3 Å². The molecule has 0 spiro atoms. The third-order valence-corrected chi connectivity index (χ3v) is 9.69. The number of rotatable bonds is 6. The van der Waals surface area contributed by atoms with Gasteiger partial charge in [-0.3, -0.25) is 25.2 Å². The summed E-state index contributed by atoms with van der Waals surface area (Å²) in [6.07, 6.45) is 15.3. The van der Waals surface area contributed by atoms with Gasteiger partial charge >= 0.3 is 18.0 Å². The molecule has 0 unspecified atom stereocenters. The predicted octanol–water partition coefficient (Wildman–Crippen LogP) is 5.17. The molecule has 0 saturated carbocycles. The minimum absolute atomic E-state index is 0. The first-order valence-corrected chi connectivity index (χ1v) is 18.5. The number of carbonyl (C=O) groups is 4. The second-order valence-electron chi connectivity index (χ2n) is 13.8. The van der Waals surface area contributed by atoms with E-state index in [0.717, 1.165) is 50.4 Å². The van der Waals surface area contributed by atoms with Crippen LogP contribution in [-0.2, 0) is 0 Å². The number of Topliss-reactive ketones (excluding diaryl/α,β-unsaturated/α-hetero) is 1. The molecule has 2 saturated heterocycles. The maximum absolute atomic E-state index is 13.0. The van der Waals surface area contributed by atoms with Gasteiger partial charge in [0.15, 0.2) is 23.1 Å². The van der Waals surface area contributed by atoms with Crippen molar-refractivity contribution in [2.45, 2.75) is 51.2 Å². The Morgan fingerprint density at radius 2 is 1.18 bits per heavy atom. The smallest absolute Gasteiger partial charge is 0.354 e. The quantitative estimate of drug-likeness (QED) is 0.146. The van der Waals surface area contributed by atoms with Crippen molar-refractivity contribution in [3.05, 3.63) is 84.4 Å². The number of terminal acetylenes is 2. The molecule has 4 aromatic rings. The minimum atomic E-state index is -1.11. The number of carbonyl (C=O) groups excluding carboxylic acids is 3. The highest BCUT2D eigenvalue weighted by Crippen LogP contribution is 2.40. The molecule has 8 rings (SSSR count). The van der Waals surface area contributed by atoms with Gasteiger partial charge in [0, 0.05) is 50.9 Å². The zero-order chi connectivity index (χ0) is 40.6. The molecule has 4 aromatic heterocycles. The van der Waals surface area contributed by atoms with E-state index in [9.17, 15) is 24.3 Å². The number of nitrogens with two attached hydrogens (primary N) is 1. The number of anilines is 6. The number of carboxylic acids is 1. The van der Waals surface area contributed by atoms with E-state index in [4.69, 9.17) is 18.6 Å². The topological polar surface area (TPSA) is 203 Å². The number of pyridine rings is 4. The molecule has 61 heavy (non-hydrogen) atoms. The Hall–Kier alpha value is -5.64. The number of nitrogens with one attached hydrogen (secondary N) is 2. The first-order valence-electron chi connectivity index (χ1n) is 18.5. The maximum Gasteiger partial charge on any atom is 0.354 e. The number of nitrogens with zero attached hydrogens (tertiary/aromatic N) is 8. The lowest BCUT2D eigenvalue weighted by Crippen LogP contribution is -2.48. The number of carboxylic acid groups (broad SMARTS) is 1. The fourth-order valence-corrected chi connectivity index (χ4v) is 6.87. The number of aromatic nitrogens is 4. The van der Waals surface area contributed by atoms with Gasteiger partial charge in [0.25, 0.3) is 0 Å². The van der Waals surface area contributed by atoms with Crippen LogP contribution >= 0.6 is 54.0 Å². The molecule has 0 radical (unpaired) electrons. The average molecular weight is 906 g/mol. The second-order valence-corrected chi connectivity index (χ2v) is 13.8. The Kier molecular flexibility index (Phi) is 19.7. The van der Waals surface area contributed by atoms with Crippen LogP contribution in [0.1, 0.15) is 54.1 Å². The van der Waals surface area contributed by atoms with Crippen molar-refractivity contribution in [1.82, 2.24) is 19.9 Å². The van der Waals surface area contributed by atoms with Gasteiger partial charge in [0.2, 0.25) is 0 Å². The summed E-state index contributed by atoms with van der Waals surface area (Å²) in [5.74, 6) is 5.30. The molecule has 2 fully saturated rings. The monoisotopic (exact) mass is 905 g/mol. The van der Waals surface area contributed by atoms with Gasteiger partial charge in [0.1, 0.15) is 17.3 Å². The number of hydrogen-bond acceptors (Lipinski definition) is 11. The Morgan fingerprint density at radius 1 is 0.738 bits per heavy atom. The van der Waals surface area contributed by atoms with E-state index in [1.807, 2.05) is 19.1 Å². The molecular weight excluding hydrogens is 855 g/mol. The van der Waals surface area contributed by atoms with Gasteiger partial charge in [-0.2, -0.15) is 54.0 Å². The molecule has 0 aliphatic carbocycles. The molecule has 16 nitrogen and oxygen atoms in total. The van der Waals surface area contributed by atoms with Crippen LogP contribution in [0.4, 0.5) is 44.2 Å².